The summed E-state index contributed by atoms with van der Waals surface area (Å²) >= 11 is 0. The molecule has 1 saturated carbocycles. The van der Waals surface area contributed by atoms with E-state index in [1.54, 1.807) is 0 Å². The number of fused-ring (bicyclic) bond motifs is 2. The van der Waals surface area contributed by atoms with Crippen molar-refractivity contribution in [3.63, 3.8) is 0 Å². The fraction of sp³-hybridized carbons (Fsp3) is 0.657. The summed E-state index contributed by atoms with van der Waals surface area (Å²) in [6.07, 6.45) is 8.87. The number of nitrogens with zero attached hydrogens (tertiary/aromatic N) is 8. The summed E-state index contributed by atoms with van der Waals surface area (Å²) in [6, 6.07) is 5.20. The van der Waals surface area contributed by atoms with Gasteiger partial charge in [0.1, 0.15) is 12.4 Å². The molecule has 0 radical (unpaired) electrons. The molecule has 250 valence electrons. The Balaban J connectivity index is 1.12. The predicted molar refractivity (Wildman–Crippen MR) is 179 cm³/mol. The highest BCUT2D eigenvalue weighted by Gasteiger charge is 2.49. The van der Waals surface area contributed by atoms with E-state index in [1.807, 2.05) is 6.20 Å². The molecule has 47 heavy (non-hydrogen) atoms. The van der Waals surface area contributed by atoms with Gasteiger partial charge in [-0.25, -0.2) is 4.68 Å². The maximum absolute atomic E-state index is 9.42. The zero-order valence-electron chi connectivity index (χ0n) is 27.8. The molecule has 3 saturated heterocycles. The van der Waals surface area contributed by atoms with Gasteiger partial charge < -0.3 is 29.3 Å². The van der Waals surface area contributed by atoms with Crippen LogP contribution < -0.4 is 19.9 Å². The molecule has 8 rings (SSSR count). The zero-order chi connectivity index (χ0) is 32.0. The van der Waals surface area contributed by atoms with Gasteiger partial charge in [0.05, 0.1) is 60.9 Å². The highest BCUT2D eigenvalue weighted by atomic mass is 16.5. The number of aromatic nitrogens is 4. The van der Waals surface area contributed by atoms with Gasteiger partial charge in [-0.3, -0.25) is 4.90 Å². The van der Waals surface area contributed by atoms with E-state index in [-0.39, 0.29) is 17.8 Å². The molecule has 3 aromatic rings. The number of nitrogens with one attached hydrogen (secondary N) is 1. The van der Waals surface area contributed by atoms with Gasteiger partial charge in [-0.1, -0.05) is 0 Å². The Morgan fingerprint density at radius 3 is 2.74 bits per heavy atom. The van der Waals surface area contributed by atoms with Crippen molar-refractivity contribution in [1.29, 1.82) is 5.26 Å². The SMILES string of the molecule is Cc1cc2c(cnn2C2CCCCO2)c(N2CCc3c(nc(OCC4(N5CCOCC5)CC4)nc3N3CCN[C@@H](CC#N)C3)C2)c1C. The predicted octanol–water partition coefficient (Wildman–Crippen LogP) is 3.64. The molecule has 4 fully saturated rings. The molecular weight excluding hydrogens is 594 g/mol. The van der Waals surface area contributed by atoms with Gasteiger partial charge >= 0.3 is 6.01 Å². The van der Waals surface area contributed by atoms with Gasteiger partial charge in [-0.15, -0.1) is 0 Å². The second-order valence-corrected chi connectivity index (χ2v) is 14.0. The van der Waals surface area contributed by atoms with Crippen LogP contribution in [0.4, 0.5) is 11.5 Å². The molecule has 6 heterocycles. The average molecular weight is 642 g/mol. The first-order valence-electron chi connectivity index (χ1n) is 17.6. The van der Waals surface area contributed by atoms with E-state index in [0.717, 1.165) is 115 Å². The number of rotatable bonds is 8. The van der Waals surface area contributed by atoms with Gasteiger partial charge in [0.2, 0.25) is 0 Å². The molecule has 0 amide bonds. The third-order valence-corrected chi connectivity index (χ3v) is 11.0. The van der Waals surface area contributed by atoms with E-state index >= 15 is 0 Å². The number of anilines is 2. The number of morpholine rings is 1. The van der Waals surface area contributed by atoms with E-state index in [1.165, 1.54) is 27.8 Å². The van der Waals surface area contributed by atoms with Crippen LogP contribution in [0.3, 0.4) is 0 Å². The molecule has 2 atom stereocenters. The largest absolute Gasteiger partial charge is 0.461 e. The van der Waals surface area contributed by atoms with Crippen molar-refractivity contribution in [3.05, 3.63) is 34.6 Å². The van der Waals surface area contributed by atoms with Crippen molar-refractivity contribution < 1.29 is 14.2 Å². The van der Waals surface area contributed by atoms with Gasteiger partial charge in [0.15, 0.2) is 6.23 Å². The van der Waals surface area contributed by atoms with E-state index < -0.39 is 0 Å². The summed E-state index contributed by atoms with van der Waals surface area (Å²) < 4.78 is 20.4. The van der Waals surface area contributed by atoms with Crippen molar-refractivity contribution in [2.24, 2.45) is 0 Å². The summed E-state index contributed by atoms with van der Waals surface area (Å²) in [4.78, 5) is 17.6. The van der Waals surface area contributed by atoms with Crippen molar-refractivity contribution in [3.8, 4) is 12.1 Å². The van der Waals surface area contributed by atoms with Crippen LogP contribution in [-0.4, -0.2) is 102 Å². The van der Waals surface area contributed by atoms with E-state index in [2.05, 4.69) is 50.7 Å². The number of hydrogen-bond donors (Lipinski definition) is 1. The van der Waals surface area contributed by atoms with Gasteiger partial charge in [-0.05, 0) is 69.6 Å². The van der Waals surface area contributed by atoms with Crippen LogP contribution in [-0.2, 0) is 22.4 Å². The third kappa shape index (κ3) is 5.92. The normalized spacial score (nSPS) is 24.6. The van der Waals surface area contributed by atoms with Gasteiger partial charge in [0, 0.05) is 62.9 Å². The third-order valence-electron chi connectivity index (χ3n) is 11.0. The van der Waals surface area contributed by atoms with Crippen LogP contribution in [0.25, 0.3) is 10.9 Å². The summed E-state index contributed by atoms with van der Waals surface area (Å²) in [5.41, 5.74) is 7.19. The smallest absolute Gasteiger partial charge is 0.318 e. The molecule has 1 aliphatic carbocycles. The number of benzene rings is 1. The number of aryl methyl sites for hydroxylation is 1. The highest BCUT2D eigenvalue weighted by molar-refractivity contribution is 5.95. The standard InChI is InChI=1S/C35H47N9O3/c1-24-19-30-28(20-38-44(30)31-5-3-4-16-46-31)32(25(24)2)41-12-7-27-29(22-41)39-34(40-33(27)42-13-11-37-26(21-42)6-10-36)47-23-35(8-9-35)43-14-17-45-18-15-43/h19-20,26,31,37H,3-9,11-18,21-23H2,1-2H3/t26-,31?/m0/s1. The molecule has 1 aromatic carbocycles. The Morgan fingerprint density at radius 2 is 1.96 bits per heavy atom. The maximum Gasteiger partial charge on any atom is 0.318 e. The number of hydrogen-bond acceptors (Lipinski definition) is 11. The van der Waals surface area contributed by atoms with Crippen molar-refractivity contribution in [1.82, 2.24) is 30.0 Å². The Kier molecular flexibility index (Phi) is 8.42. The van der Waals surface area contributed by atoms with Crippen molar-refractivity contribution in [2.75, 3.05) is 75.5 Å². The fourth-order valence-corrected chi connectivity index (χ4v) is 8.06. The molecule has 2 aromatic heterocycles. The minimum absolute atomic E-state index is 0.00981. The monoisotopic (exact) mass is 641 g/mol. The zero-order valence-corrected chi connectivity index (χ0v) is 27.8. The van der Waals surface area contributed by atoms with Gasteiger partial charge in [0.25, 0.3) is 0 Å². The van der Waals surface area contributed by atoms with Crippen LogP contribution >= 0.6 is 0 Å². The van der Waals surface area contributed by atoms with Crippen molar-refractivity contribution in [2.45, 2.75) is 83.1 Å². The quantitative estimate of drug-likeness (QED) is 0.389. The molecule has 5 aliphatic rings. The lowest BCUT2D eigenvalue weighted by Crippen LogP contribution is -2.51. The summed E-state index contributed by atoms with van der Waals surface area (Å²) in [5, 5.41) is 19.0. The molecule has 4 aliphatic heterocycles. The fourth-order valence-electron chi connectivity index (χ4n) is 8.06. The molecule has 0 bridgehead atoms. The average Bonchev–Trinajstić information content (AvgIpc) is 3.80. The van der Waals surface area contributed by atoms with E-state index in [4.69, 9.17) is 29.3 Å². The highest BCUT2D eigenvalue weighted by Crippen LogP contribution is 2.43. The number of nitriles is 1. The van der Waals surface area contributed by atoms with E-state index in [0.29, 0.717) is 25.6 Å². The first-order chi connectivity index (χ1) is 23.0. The lowest BCUT2D eigenvalue weighted by atomic mass is 9.99. The van der Waals surface area contributed by atoms with Crippen LogP contribution in [0, 0.1) is 25.2 Å². The number of ether oxygens (including phenoxy) is 3. The maximum atomic E-state index is 9.42. The molecule has 12 nitrogen and oxygen atoms in total. The first-order valence-corrected chi connectivity index (χ1v) is 17.6. The lowest BCUT2D eigenvalue weighted by molar-refractivity contribution is -0.0366. The Labute approximate surface area is 277 Å². The molecular formula is C35H47N9O3. The first kappa shape index (κ1) is 30.8. The molecule has 1 N–H and O–H groups in total. The number of piperazine rings is 1. The topological polar surface area (TPSA) is 117 Å². The summed E-state index contributed by atoms with van der Waals surface area (Å²) in [7, 11) is 0. The molecule has 12 heteroatoms. The molecule has 1 unspecified atom stereocenters. The summed E-state index contributed by atoms with van der Waals surface area (Å²) in [5.74, 6) is 0.971. The second kappa shape index (κ2) is 12.8. The van der Waals surface area contributed by atoms with Crippen molar-refractivity contribution >= 4 is 22.4 Å². The second-order valence-electron chi connectivity index (χ2n) is 14.0. The minimum atomic E-state index is -0.00981. The molecule has 0 spiro atoms. The summed E-state index contributed by atoms with van der Waals surface area (Å²) in [6.45, 7) is 13.2. The van der Waals surface area contributed by atoms with Crippen LogP contribution in [0.5, 0.6) is 6.01 Å². The Hall–Kier alpha value is -3.50. The Morgan fingerprint density at radius 1 is 1.09 bits per heavy atom. The van der Waals surface area contributed by atoms with E-state index in [9.17, 15) is 5.26 Å². The van der Waals surface area contributed by atoms with Crippen LogP contribution in [0.15, 0.2) is 12.3 Å². The van der Waals surface area contributed by atoms with Crippen LogP contribution in [0.2, 0.25) is 0 Å². The lowest BCUT2D eigenvalue weighted by Gasteiger charge is -2.38. The van der Waals surface area contributed by atoms with Crippen LogP contribution in [0.1, 0.15) is 67.1 Å². The Bertz CT molecular complexity index is 1650. The minimum Gasteiger partial charge on any atom is -0.461 e. The van der Waals surface area contributed by atoms with Gasteiger partial charge in [-0.2, -0.15) is 20.3 Å².